The standard InChI is InChI=1S/C14H15IN2OS/c1-2-8-19-9-11-16-13(12(15)14(18)17-11)10-6-4-3-5-7-10/h3-7H,2,8-9H2,1H3,(H,16,17,18). The molecule has 2 rings (SSSR count). The van der Waals surface area contributed by atoms with Crippen molar-refractivity contribution >= 4 is 34.4 Å². The molecular weight excluding hydrogens is 371 g/mol. The van der Waals surface area contributed by atoms with Gasteiger partial charge < -0.3 is 4.98 Å². The summed E-state index contributed by atoms with van der Waals surface area (Å²) in [7, 11) is 0. The molecule has 0 aliphatic rings. The highest BCUT2D eigenvalue weighted by Crippen LogP contribution is 2.21. The van der Waals surface area contributed by atoms with E-state index >= 15 is 0 Å². The monoisotopic (exact) mass is 386 g/mol. The van der Waals surface area contributed by atoms with Crippen molar-refractivity contribution in [3.63, 3.8) is 0 Å². The van der Waals surface area contributed by atoms with Gasteiger partial charge in [-0.05, 0) is 34.8 Å². The molecule has 0 unspecified atom stereocenters. The summed E-state index contributed by atoms with van der Waals surface area (Å²) < 4.78 is 0.646. The van der Waals surface area contributed by atoms with Crippen molar-refractivity contribution in [3.8, 4) is 11.3 Å². The highest BCUT2D eigenvalue weighted by atomic mass is 127. The minimum absolute atomic E-state index is 0.0541. The Morgan fingerprint density at radius 2 is 2.05 bits per heavy atom. The van der Waals surface area contributed by atoms with E-state index in [-0.39, 0.29) is 5.56 Å². The SMILES string of the molecule is CCCSCc1nc(-c2ccccc2)c(I)c(=O)[nH]1. The molecule has 5 heteroatoms. The van der Waals surface area contributed by atoms with E-state index in [1.807, 2.05) is 30.3 Å². The molecule has 0 aliphatic carbocycles. The van der Waals surface area contributed by atoms with Gasteiger partial charge in [0.25, 0.3) is 5.56 Å². The van der Waals surface area contributed by atoms with Gasteiger partial charge >= 0.3 is 0 Å². The number of rotatable bonds is 5. The molecule has 1 aromatic heterocycles. The van der Waals surface area contributed by atoms with Gasteiger partial charge in [-0.25, -0.2) is 4.98 Å². The number of benzene rings is 1. The molecule has 100 valence electrons. The second kappa shape index (κ2) is 7.09. The van der Waals surface area contributed by atoms with Crippen molar-refractivity contribution in [3.05, 3.63) is 50.1 Å². The fraction of sp³-hybridized carbons (Fsp3) is 0.286. The van der Waals surface area contributed by atoms with Crippen molar-refractivity contribution in [2.45, 2.75) is 19.1 Å². The van der Waals surface area contributed by atoms with Gasteiger partial charge in [-0.3, -0.25) is 4.79 Å². The number of hydrogen-bond acceptors (Lipinski definition) is 3. The predicted octanol–water partition coefficient (Wildman–Crippen LogP) is 3.68. The lowest BCUT2D eigenvalue weighted by Gasteiger charge is -2.06. The number of halogens is 1. The highest BCUT2D eigenvalue weighted by Gasteiger charge is 2.10. The summed E-state index contributed by atoms with van der Waals surface area (Å²) >= 11 is 3.85. The largest absolute Gasteiger partial charge is 0.309 e. The first-order valence-electron chi connectivity index (χ1n) is 6.14. The van der Waals surface area contributed by atoms with Gasteiger partial charge in [0.1, 0.15) is 9.39 Å². The van der Waals surface area contributed by atoms with E-state index in [2.05, 4.69) is 39.5 Å². The molecule has 3 nitrogen and oxygen atoms in total. The third-order valence-electron chi connectivity index (χ3n) is 2.55. The number of H-pyrrole nitrogens is 1. The summed E-state index contributed by atoms with van der Waals surface area (Å²) in [5.74, 6) is 2.58. The number of hydrogen-bond donors (Lipinski definition) is 1. The van der Waals surface area contributed by atoms with Gasteiger partial charge in [-0.1, -0.05) is 37.3 Å². The third kappa shape index (κ3) is 3.82. The number of thioether (sulfide) groups is 1. The smallest absolute Gasteiger partial charge is 0.264 e. The molecule has 0 amide bonds. The first-order chi connectivity index (χ1) is 9.22. The quantitative estimate of drug-likeness (QED) is 0.630. The first-order valence-corrected chi connectivity index (χ1v) is 8.37. The van der Waals surface area contributed by atoms with E-state index in [1.165, 1.54) is 0 Å². The molecule has 0 atom stereocenters. The molecule has 0 saturated heterocycles. The number of aromatic amines is 1. The second-order valence-corrected chi connectivity index (χ2v) is 6.28. The van der Waals surface area contributed by atoms with Crippen LogP contribution in [0.15, 0.2) is 35.1 Å². The van der Waals surface area contributed by atoms with Crippen LogP contribution in [0, 0.1) is 3.57 Å². The summed E-state index contributed by atoms with van der Waals surface area (Å²) in [6.45, 7) is 2.15. The van der Waals surface area contributed by atoms with Crippen LogP contribution in [-0.2, 0) is 5.75 Å². The van der Waals surface area contributed by atoms with Crippen LogP contribution in [0.3, 0.4) is 0 Å². The van der Waals surface area contributed by atoms with Crippen molar-refractivity contribution in [1.82, 2.24) is 9.97 Å². The van der Waals surface area contributed by atoms with Gasteiger partial charge in [-0.2, -0.15) is 11.8 Å². The van der Waals surface area contributed by atoms with Crippen LogP contribution in [0.5, 0.6) is 0 Å². The summed E-state index contributed by atoms with van der Waals surface area (Å²) in [6.07, 6.45) is 1.13. The van der Waals surface area contributed by atoms with Crippen LogP contribution >= 0.6 is 34.4 Å². The topological polar surface area (TPSA) is 45.8 Å². The third-order valence-corrected chi connectivity index (χ3v) is 4.72. The minimum atomic E-state index is -0.0541. The van der Waals surface area contributed by atoms with Crippen molar-refractivity contribution in [2.24, 2.45) is 0 Å². The van der Waals surface area contributed by atoms with Gasteiger partial charge in [0.2, 0.25) is 0 Å². The Balaban J connectivity index is 2.35. The molecule has 0 aliphatic heterocycles. The molecule has 0 spiro atoms. The zero-order valence-corrected chi connectivity index (χ0v) is 13.6. The molecule has 1 aromatic carbocycles. The number of nitrogens with zero attached hydrogens (tertiary/aromatic N) is 1. The van der Waals surface area contributed by atoms with Crippen molar-refractivity contribution in [1.29, 1.82) is 0 Å². The number of aromatic nitrogens is 2. The Bertz CT molecular complexity index is 598. The average molecular weight is 386 g/mol. The van der Waals surface area contributed by atoms with Crippen LogP contribution in [0.2, 0.25) is 0 Å². The Labute approximate surface area is 130 Å². The first kappa shape index (κ1) is 14.6. The maximum absolute atomic E-state index is 12.0. The molecule has 2 aromatic rings. The van der Waals surface area contributed by atoms with Gasteiger partial charge in [0.15, 0.2) is 0 Å². The molecule has 19 heavy (non-hydrogen) atoms. The predicted molar refractivity (Wildman–Crippen MR) is 89.5 cm³/mol. The van der Waals surface area contributed by atoms with Crippen LogP contribution in [-0.4, -0.2) is 15.7 Å². The molecule has 0 bridgehead atoms. The van der Waals surface area contributed by atoms with E-state index in [1.54, 1.807) is 11.8 Å². The number of nitrogens with one attached hydrogen (secondary N) is 1. The van der Waals surface area contributed by atoms with Crippen molar-refractivity contribution < 1.29 is 0 Å². The summed E-state index contributed by atoms with van der Waals surface area (Å²) in [5, 5.41) is 0. The van der Waals surface area contributed by atoms with E-state index in [4.69, 9.17) is 0 Å². The fourth-order valence-corrected chi connectivity index (χ4v) is 3.00. The summed E-state index contributed by atoms with van der Waals surface area (Å²) in [4.78, 5) is 19.4. The Hall–Kier alpha value is -0.820. The van der Waals surface area contributed by atoms with Crippen LogP contribution in [0.25, 0.3) is 11.3 Å². The Morgan fingerprint density at radius 1 is 1.32 bits per heavy atom. The molecule has 0 radical (unpaired) electrons. The molecular formula is C14H15IN2OS. The van der Waals surface area contributed by atoms with Crippen LogP contribution in [0.1, 0.15) is 19.2 Å². The maximum atomic E-state index is 12.0. The Morgan fingerprint density at radius 3 is 2.74 bits per heavy atom. The second-order valence-electron chi connectivity index (χ2n) is 4.09. The zero-order chi connectivity index (χ0) is 13.7. The lowest BCUT2D eigenvalue weighted by atomic mass is 10.1. The van der Waals surface area contributed by atoms with Gasteiger partial charge in [0.05, 0.1) is 11.4 Å². The van der Waals surface area contributed by atoms with Gasteiger partial charge in [0, 0.05) is 5.56 Å². The van der Waals surface area contributed by atoms with E-state index < -0.39 is 0 Å². The molecule has 0 fully saturated rings. The lowest BCUT2D eigenvalue weighted by Crippen LogP contribution is -2.16. The lowest BCUT2D eigenvalue weighted by molar-refractivity contribution is 0.992. The zero-order valence-electron chi connectivity index (χ0n) is 10.6. The van der Waals surface area contributed by atoms with Gasteiger partial charge in [-0.15, -0.1) is 0 Å². The minimum Gasteiger partial charge on any atom is -0.309 e. The fourth-order valence-electron chi connectivity index (χ4n) is 1.67. The Kier molecular flexibility index (Phi) is 5.45. The molecule has 1 heterocycles. The van der Waals surface area contributed by atoms with E-state index in [9.17, 15) is 4.79 Å². The molecule has 1 N–H and O–H groups in total. The van der Waals surface area contributed by atoms with E-state index in [0.717, 1.165) is 35.0 Å². The molecule has 0 saturated carbocycles. The van der Waals surface area contributed by atoms with Crippen LogP contribution in [0.4, 0.5) is 0 Å². The summed E-state index contributed by atoms with van der Waals surface area (Å²) in [6, 6.07) is 9.83. The van der Waals surface area contributed by atoms with Crippen molar-refractivity contribution in [2.75, 3.05) is 5.75 Å². The summed E-state index contributed by atoms with van der Waals surface area (Å²) in [5.41, 5.74) is 1.71. The maximum Gasteiger partial charge on any atom is 0.264 e. The van der Waals surface area contributed by atoms with Crippen LogP contribution < -0.4 is 5.56 Å². The van der Waals surface area contributed by atoms with E-state index in [0.29, 0.717) is 3.57 Å². The highest BCUT2D eigenvalue weighted by molar-refractivity contribution is 14.1. The average Bonchev–Trinajstić information content (AvgIpc) is 2.44. The normalized spacial score (nSPS) is 10.6.